The first kappa shape index (κ1) is 23.0. The Kier molecular flexibility index (Phi) is 6.13. The summed E-state index contributed by atoms with van der Waals surface area (Å²) in [6, 6.07) is 11.9. The van der Waals surface area contributed by atoms with Crippen LogP contribution in [0.5, 0.6) is 0 Å². The molecule has 188 valence electrons. The highest BCUT2D eigenvalue weighted by Gasteiger charge is 2.32. The number of hydrogen-bond acceptors (Lipinski definition) is 5. The van der Waals surface area contributed by atoms with Gasteiger partial charge in [-0.25, -0.2) is 9.78 Å². The van der Waals surface area contributed by atoms with Crippen LogP contribution in [-0.2, 0) is 16.1 Å². The number of ether oxygens (including phenoxy) is 1. The molecule has 3 aromatic rings. The summed E-state index contributed by atoms with van der Waals surface area (Å²) in [4.78, 5) is 33.7. The fraction of sp³-hybridized carbons (Fsp3) is 0.464. The lowest BCUT2D eigenvalue weighted by Gasteiger charge is -2.31. The number of para-hydroxylation sites is 1. The van der Waals surface area contributed by atoms with Crippen molar-refractivity contribution in [2.45, 2.75) is 44.6 Å². The Bertz CT molecular complexity index is 1300. The second-order valence-corrected chi connectivity index (χ2v) is 10.1. The smallest absolute Gasteiger partial charge is 0.354 e. The number of fused-ring (bicyclic) bond motifs is 5. The van der Waals surface area contributed by atoms with E-state index in [1.807, 2.05) is 17.0 Å². The number of rotatable bonds is 4. The number of morpholine rings is 1. The molecule has 1 aliphatic carbocycles. The molecule has 0 spiro atoms. The molecule has 1 saturated carbocycles. The molecule has 8 heteroatoms. The predicted octanol–water partition coefficient (Wildman–Crippen LogP) is 4.13. The zero-order chi connectivity index (χ0) is 24.6. The summed E-state index contributed by atoms with van der Waals surface area (Å²) >= 11 is 0. The summed E-state index contributed by atoms with van der Waals surface area (Å²) in [5.74, 6) is -0.480. The van der Waals surface area contributed by atoms with Crippen molar-refractivity contribution in [2.75, 3.05) is 44.3 Å². The molecule has 1 aromatic carbocycles. The zero-order valence-electron chi connectivity index (χ0n) is 20.5. The predicted molar refractivity (Wildman–Crippen MR) is 138 cm³/mol. The van der Waals surface area contributed by atoms with Gasteiger partial charge in [-0.15, -0.1) is 0 Å². The van der Waals surface area contributed by atoms with E-state index < -0.39 is 5.97 Å². The van der Waals surface area contributed by atoms with Crippen molar-refractivity contribution >= 4 is 28.6 Å². The molecule has 1 N–H and O–H groups in total. The molecular weight excluding hydrogens is 456 g/mol. The molecule has 2 aromatic heterocycles. The van der Waals surface area contributed by atoms with E-state index in [0.29, 0.717) is 51.9 Å². The molecular formula is C28H32N4O4. The fourth-order valence-corrected chi connectivity index (χ4v) is 6.21. The van der Waals surface area contributed by atoms with Crippen molar-refractivity contribution in [1.82, 2.24) is 14.5 Å². The van der Waals surface area contributed by atoms with Gasteiger partial charge >= 0.3 is 5.97 Å². The number of anilines is 1. The van der Waals surface area contributed by atoms with E-state index in [4.69, 9.17) is 4.74 Å². The van der Waals surface area contributed by atoms with Crippen LogP contribution in [0.4, 0.5) is 5.69 Å². The van der Waals surface area contributed by atoms with E-state index in [9.17, 15) is 14.7 Å². The maximum absolute atomic E-state index is 13.2. The van der Waals surface area contributed by atoms with Gasteiger partial charge in [0.05, 0.1) is 25.5 Å². The molecule has 8 nitrogen and oxygen atoms in total. The number of benzene rings is 1. The van der Waals surface area contributed by atoms with Crippen LogP contribution in [0.3, 0.4) is 0 Å². The third kappa shape index (κ3) is 4.03. The first-order valence-corrected chi connectivity index (χ1v) is 13.1. The molecule has 2 fully saturated rings. The van der Waals surface area contributed by atoms with E-state index in [0.717, 1.165) is 40.8 Å². The molecule has 4 heterocycles. The Balaban J connectivity index is 1.48. The molecule has 1 amide bonds. The molecule has 6 rings (SSSR count). The zero-order valence-corrected chi connectivity index (χ0v) is 20.5. The van der Waals surface area contributed by atoms with Gasteiger partial charge in [-0.1, -0.05) is 37.5 Å². The van der Waals surface area contributed by atoms with Crippen LogP contribution in [0.2, 0.25) is 0 Å². The van der Waals surface area contributed by atoms with Crippen molar-refractivity contribution in [3.63, 3.8) is 0 Å². The molecule has 3 aliphatic rings. The van der Waals surface area contributed by atoms with E-state index in [1.54, 1.807) is 6.07 Å². The lowest BCUT2D eigenvalue weighted by Crippen LogP contribution is -2.46. The Morgan fingerprint density at radius 1 is 0.972 bits per heavy atom. The molecule has 36 heavy (non-hydrogen) atoms. The van der Waals surface area contributed by atoms with E-state index >= 15 is 0 Å². The van der Waals surface area contributed by atoms with Gasteiger partial charge in [0.25, 0.3) is 0 Å². The molecule has 0 unspecified atom stereocenters. The lowest BCUT2D eigenvalue weighted by atomic mass is 9.82. The normalized spacial score (nSPS) is 18.6. The number of pyridine rings is 1. The minimum Gasteiger partial charge on any atom is -0.477 e. The molecule has 0 radical (unpaired) electrons. The number of amides is 1. The van der Waals surface area contributed by atoms with Crippen molar-refractivity contribution < 1.29 is 19.4 Å². The largest absolute Gasteiger partial charge is 0.477 e. The summed E-state index contributed by atoms with van der Waals surface area (Å²) in [5.41, 5.74) is 5.39. The topological polar surface area (TPSA) is 87.9 Å². The number of carbonyl (C=O) groups excluding carboxylic acids is 1. The molecule has 0 bridgehead atoms. The van der Waals surface area contributed by atoms with Crippen LogP contribution in [-0.4, -0.2) is 70.8 Å². The third-order valence-corrected chi connectivity index (χ3v) is 7.96. The number of carboxylic acids is 1. The Morgan fingerprint density at radius 2 is 1.75 bits per heavy atom. The Morgan fingerprint density at radius 3 is 2.53 bits per heavy atom. The highest BCUT2D eigenvalue weighted by Crippen LogP contribution is 2.46. The average molecular weight is 489 g/mol. The van der Waals surface area contributed by atoms with E-state index in [-0.39, 0.29) is 11.6 Å². The summed E-state index contributed by atoms with van der Waals surface area (Å²) in [5, 5.41) is 10.7. The minimum atomic E-state index is -1.02. The first-order chi connectivity index (χ1) is 17.6. The second-order valence-electron chi connectivity index (χ2n) is 10.1. The van der Waals surface area contributed by atoms with Crippen LogP contribution in [0.25, 0.3) is 22.3 Å². The van der Waals surface area contributed by atoms with E-state index in [2.05, 4.69) is 32.7 Å². The van der Waals surface area contributed by atoms with Gasteiger partial charge < -0.3 is 24.2 Å². The number of aromatic carboxylic acids is 1. The molecule has 0 atom stereocenters. The number of hydrogen-bond donors (Lipinski definition) is 1. The number of carbonyl (C=O) groups is 2. The van der Waals surface area contributed by atoms with Gasteiger partial charge in [0, 0.05) is 42.8 Å². The van der Waals surface area contributed by atoms with Crippen LogP contribution >= 0.6 is 0 Å². The van der Waals surface area contributed by atoms with Crippen LogP contribution < -0.4 is 4.90 Å². The van der Waals surface area contributed by atoms with Crippen LogP contribution in [0, 0.1) is 0 Å². The summed E-state index contributed by atoms with van der Waals surface area (Å²) < 4.78 is 7.64. The van der Waals surface area contributed by atoms with Gasteiger partial charge in [0.15, 0.2) is 5.69 Å². The van der Waals surface area contributed by atoms with Gasteiger partial charge in [0.1, 0.15) is 5.65 Å². The van der Waals surface area contributed by atoms with Crippen molar-refractivity contribution in [3.8, 4) is 11.3 Å². The summed E-state index contributed by atoms with van der Waals surface area (Å²) in [7, 11) is 0. The van der Waals surface area contributed by atoms with Gasteiger partial charge in [0.2, 0.25) is 5.91 Å². The van der Waals surface area contributed by atoms with Crippen molar-refractivity contribution in [3.05, 3.63) is 47.7 Å². The van der Waals surface area contributed by atoms with Crippen molar-refractivity contribution in [1.29, 1.82) is 0 Å². The standard InChI is InChI=1S/C28H32N4O4/c33-24(30-14-16-36-17-15-30)18-31-12-13-32-26(20-8-4-5-9-23(20)31)25(19-6-2-1-3-7-19)21-10-11-22(28(34)35)29-27(21)32/h4-5,8-11,19H,1-3,6-7,12-18H2,(H,34,35). The maximum atomic E-state index is 13.2. The lowest BCUT2D eigenvalue weighted by molar-refractivity contribution is -0.133. The highest BCUT2D eigenvalue weighted by atomic mass is 16.5. The van der Waals surface area contributed by atoms with Gasteiger partial charge in [-0.2, -0.15) is 0 Å². The fourth-order valence-electron chi connectivity index (χ4n) is 6.21. The monoisotopic (exact) mass is 488 g/mol. The summed E-state index contributed by atoms with van der Waals surface area (Å²) in [6.45, 7) is 4.03. The average Bonchev–Trinajstić information content (AvgIpc) is 3.16. The summed E-state index contributed by atoms with van der Waals surface area (Å²) in [6.07, 6.45) is 5.95. The maximum Gasteiger partial charge on any atom is 0.354 e. The molecule has 1 saturated heterocycles. The second kappa shape index (κ2) is 9.58. The van der Waals surface area contributed by atoms with Gasteiger partial charge in [-0.05, 0) is 42.5 Å². The first-order valence-electron chi connectivity index (χ1n) is 13.1. The number of carboxylic acid groups (broad SMARTS) is 1. The van der Waals surface area contributed by atoms with Crippen molar-refractivity contribution in [2.24, 2.45) is 0 Å². The Hall–Kier alpha value is -3.39. The number of aromatic nitrogens is 2. The highest BCUT2D eigenvalue weighted by molar-refractivity contribution is 5.97. The Labute approximate surface area is 210 Å². The number of nitrogens with zero attached hydrogens (tertiary/aromatic N) is 4. The van der Waals surface area contributed by atoms with Crippen LogP contribution in [0.1, 0.15) is 54.1 Å². The molecule has 2 aliphatic heterocycles. The quantitative estimate of drug-likeness (QED) is 0.594. The van der Waals surface area contributed by atoms with Gasteiger partial charge in [-0.3, -0.25) is 4.79 Å². The van der Waals surface area contributed by atoms with E-state index in [1.165, 1.54) is 24.8 Å². The third-order valence-electron chi connectivity index (χ3n) is 7.96. The van der Waals surface area contributed by atoms with Crippen LogP contribution in [0.15, 0.2) is 36.4 Å². The SMILES string of the molecule is O=C(O)c1ccc2c(C3CCCCC3)c3n(c2n1)CCN(CC(=O)N1CCOCC1)c1ccccc1-3. The minimum absolute atomic E-state index is 0.0647.